The van der Waals surface area contributed by atoms with Gasteiger partial charge in [-0.3, -0.25) is 4.79 Å². The van der Waals surface area contributed by atoms with E-state index >= 15 is 0 Å². The number of allylic oxidation sites excluding steroid dienone is 2. The van der Waals surface area contributed by atoms with Crippen LogP contribution in [0.15, 0.2) is 22.8 Å². The summed E-state index contributed by atoms with van der Waals surface area (Å²) in [5.74, 6) is 0.212. The number of methoxy groups -OCH3 is 1. The Bertz CT molecular complexity index is 593. The second-order valence-electron chi connectivity index (χ2n) is 7.79. The second-order valence-corrected chi connectivity index (χ2v) is 9.72. The van der Waals surface area contributed by atoms with Gasteiger partial charge in [-0.25, -0.2) is 0 Å². The molecule has 0 aromatic heterocycles. The van der Waals surface area contributed by atoms with Crippen molar-refractivity contribution in [2.45, 2.75) is 56.0 Å². The lowest BCUT2D eigenvalue weighted by atomic mass is 9.69. The molecule has 1 saturated carbocycles. The van der Waals surface area contributed by atoms with Crippen molar-refractivity contribution in [3.8, 4) is 0 Å². The molecule has 0 spiro atoms. The van der Waals surface area contributed by atoms with Gasteiger partial charge in [0.25, 0.3) is 0 Å². The summed E-state index contributed by atoms with van der Waals surface area (Å²) in [7, 11) is 1.75. The van der Waals surface area contributed by atoms with Crippen LogP contribution in [0.2, 0.25) is 0 Å². The summed E-state index contributed by atoms with van der Waals surface area (Å²) in [4.78, 5) is 13.0. The SMILES string of the molecule is COC[C@H]1CCC2(I)/C1=C\[C@@]1(C)CCC(C)=C1[C@@H](O)C(=O)[C@@H]2C. The van der Waals surface area contributed by atoms with Crippen LogP contribution in [-0.2, 0) is 9.53 Å². The minimum Gasteiger partial charge on any atom is -0.384 e. The molecule has 3 nitrogen and oxygen atoms in total. The van der Waals surface area contributed by atoms with E-state index in [4.69, 9.17) is 4.74 Å². The molecule has 3 aliphatic rings. The molecule has 0 radical (unpaired) electrons. The molecule has 0 amide bonds. The molecular formula is C19H27IO3. The van der Waals surface area contributed by atoms with Crippen LogP contribution in [0.3, 0.4) is 0 Å². The monoisotopic (exact) mass is 430 g/mol. The fourth-order valence-electron chi connectivity index (χ4n) is 4.95. The van der Waals surface area contributed by atoms with Crippen molar-refractivity contribution >= 4 is 28.4 Å². The van der Waals surface area contributed by atoms with Crippen molar-refractivity contribution < 1.29 is 14.6 Å². The molecule has 1 unspecified atom stereocenters. The second kappa shape index (κ2) is 5.95. The Balaban J connectivity index is 2.19. The van der Waals surface area contributed by atoms with E-state index in [1.54, 1.807) is 7.11 Å². The average Bonchev–Trinajstić information content (AvgIpc) is 2.97. The predicted octanol–water partition coefficient (Wildman–Crippen LogP) is 3.84. The molecule has 5 atom stereocenters. The zero-order valence-electron chi connectivity index (χ0n) is 14.5. The summed E-state index contributed by atoms with van der Waals surface area (Å²) in [6.45, 7) is 6.97. The molecule has 0 heterocycles. The van der Waals surface area contributed by atoms with E-state index in [1.807, 2.05) is 6.92 Å². The molecular weight excluding hydrogens is 403 g/mol. The summed E-state index contributed by atoms with van der Waals surface area (Å²) >= 11 is 2.48. The summed E-state index contributed by atoms with van der Waals surface area (Å²) in [6.07, 6.45) is 5.46. The maximum atomic E-state index is 13.0. The van der Waals surface area contributed by atoms with E-state index in [9.17, 15) is 9.90 Å². The van der Waals surface area contributed by atoms with Crippen molar-refractivity contribution in [1.82, 2.24) is 0 Å². The number of aliphatic hydroxyl groups is 1. The van der Waals surface area contributed by atoms with Crippen LogP contribution in [0.25, 0.3) is 0 Å². The van der Waals surface area contributed by atoms with Crippen LogP contribution in [0.5, 0.6) is 0 Å². The minimum atomic E-state index is -0.941. The lowest BCUT2D eigenvalue weighted by Gasteiger charge is -2.40. The maximum Gasteiger partial charge on any atom is 0.169 e. The number of ether oxygens (including phenoxy) is 1. The number of hydrogen-bond acceptors (Lipinski definition) is 3. The number of rotatable bonds is 2. The van der Waals surface area contributed by atoms with Crippen molar-refractivity contribution in [2.75, 3.05) is 13.7 Å². The number of fused-ring (bicyclic) bond motifs is 2. The summed E-state index contributed by atoms with van der Waals surface area (Å²) in [5, 5.41) is 10.8. The molecule has 128 valence electrons. The van der Waals surface area contributed by atoms with Gasteiger partial charge in [-0.15, -0.1) is 0 Å². The molecule has 3 rings (SSSR count). The Kier molecular flexibility index (Phi) is 4.56. The Morgan fingerprint density at radius 1 is 1.43 bits per heavy atom. The van der Waals surface area contributed by atoms with Gasteiger partial charge in [0.05, 0.1) is 10.0 Å². The number of hydrogen-bond donors (Lipinski definition) is 1. The molecule has 1 fully saturated rings. The number of aliphatic hydroxyl groups excluding tert-OH is 1. The largest absolute Gasteiger partial charge is 0.384 e. The van der Waals surface area contributed by atoms with E-state index in [0.29, 0.717) is 12.5 Å². The molecule has 23 heavy (non-hydrogen) atoms. The third-order valence-corrected chi connectivity index (χ3v) is 8.47. The highest BCUT2D eigenvalue weighted by atomic mass is 127. The van der Waals surface area contributed by atoms with Crippen LogP contribution in [-0.4, -0.2) is 34.1 Å². The van der Waals surface area contributed by atoms with Crippen molar-refractivity contribution in [3.63, 3.8) is 0 Å². The van der Waals surface area contributed by atoms with Gasteiger partial charge in [0.15, 0.2) is 5.78 Å². The van der Waals surface area contributed by atoms with Gasteiger partial charge in [-0.1, -0.05) is 53.7 Å². The molecule has 1 N–H and O–H groups in total. The van der Waals surface area contributed by atoms with Crippen LogP contribution >= 0.6 is 22.6 Å². The van der Waals surface area contributed by atoms with Gasteiger partial charge in [-0.05, 0) is 38.2 Å². The van der Waals surface area contributed by atoms with Gasteiger partial charge in [0, 0.05) is 24.4 Å². The maximum absolute atomic E-state index is 13.0. The van der Waals surface area contributed by atoms with Crippen molar-refractivity contribution in [1.29, 1.82) is 0 Å². The van der Waals surface area contributed by atoms with Crippen LogP contribution in [0, 0.1) is 17.3 Å². The molecule has 0 aliphatic heterocycles. The number of Topliss-reactive ketones (excluding diaryl/α,β-unsaturated/α-hetero) is 1. The van der Waals surface area contributed by atoms with Gasteiger partial charge in [0.1, 0.15) is 6.10 Å². The molecule has 4 heteroatoms. The Morgan fingerprint density at radius 3 is 2.78 bits per heavy atom. The van der Waals surface area contributed by atoms with Gasteiger partial charge >= 0.3 is 0 Å². The Hall–Kier alpha value is -0.200. The number of carbonyl (C=O) groups excluding carboxylic acids is 1. The van der Waals surface area contributed by atoms with Crippen LogP contribution in [0.4, 0.5) is 0 Å². The smallest absolute Gasteiger partial charge is 0.169 e. The minimum absolute atomic E-state index is 0.00876. The first-order chi connectivity index (χ1) is 10.7. The fraction of sp³-hybridized carbons (Fsp3) is 0.737. The Labute approximate surface area is 152 Å². The highest BCUT2D eigenvalue weighted by molar-refractivity contribution is 14.1. The first-order valence-corrected chi connectivity index (χ1v) is 9.65. The normalized spacial score (nSPS) is 46.1. The van der Waals surface area contributed by atoms with Crippen molar-refractivity contribution in [3.05, 3.63) is 22.8 Å². The van der Waals surface area contributed by atoms with Crippen LogP contribution < -0.4 is 0 Å². The standard InChI is InChI=1S/C19H27IO3/c1-11-5-7-18(3)9-14-13(10-23-4)6-8-19(14,20)12(2)16(21)17(22)15(11)18/h9,12-13,17,22H,5-8,10H2,1-4H3/b14-9-/t12-,13+,17+,18+,19?/m0/s1. The lowest BCUT2D eigenvalue weighted by molar-refractivity contribution is -0.130. The fourth-order valence-corrected chi connectivity index (χ4v) is 6.16. The number of carbonyl (C=O) groups is 1. The topological polar surface area (TPSA) is 46.5 Å². The molecule has 3 aliphatic carbocycles. The van der Waals surface area contributed by atoms with E-state index in [1.165, 1.54) is 11.1 Å². The van der Waals surface area contributed by atoms with E-state index in [2.05, 4.69) is 42.5 Å². The Morgan fingerprint density at radius 2 is 2.13 bits per heavy atom. The first-order valence-electron chi connectivity index (χ1n) is 8.57. The van der Waals surface area contributed by atoms with E-state index < -0.39 is 6.10 Å². The van der Waals surface area contributed by atoms with Crippen molar-refractivity contribution in [2.24, 2.45) is 17.3 Å². The van der Waals surface area contributed by atoms with E-state index in [0.717, 1.165) is 31.3 Å². The predicted molar refractivity (Wildman–Crippen MR) is 99.7 cm³/mol. The third kappa shape index (κ3) is 2.56. The average molecular weight is 430 g/mol. The first kappa shape index (κ1) is 17.6. The van der Waals surface area contributed by atoms with Crippen LogP contribution in [0.1, 0.15) is 46.5 Å². The van der Waals surface area contributed by atoms with Gasteiger partial charge in [0.2, 0.25) is 0 Å². The lowest BCUT2D eigenvalue weighted by Crippen LogP contribution is -2.45. The quantitative estimate of drug-likeness (QED) is 0.412. The van der Waals surface area contributed by atoms with E-state index in [-0.39, 0.29) is 20.5 Å². The van der Waals surface area contributed by atoms with Gasteiger partial charge in [-0.2, -0.15) is 0 Å². The summed E-state index contributed by atoms with van der Waals surface area (Å²) < 4.78 is 5.27. The molecule has 0 aromatic carbocycles. The summed E-state index contributed by atoms with van der Waals surface area (Å²) in [5.41, 5.74) is 3.34. The molecule has 0 saturated heterocycles. The number of halogens is 1. The summed E-state index contributed by atoms with van der Waals surface area (Å²) in [6, 6.07) is 0. The number of alkyl halides is 1. The zero-order valence-corrected chi connectivity index (χ0v) is 16.6. The number of ketones is 1. The highest BCUT2D eigenvalue weighted by Gasteiger charge is 2.53. The zero-order chi connectivity index (χ0) is 17.0. The third-order valence-electron chi connectivity index (χ3n) is 6.37. The highest BCUT2D eigenvalue weighted by Crippen LogP contribution is 2.57. The molecule has 0 bridgehead atoms. The van der Waals surface area contributed by atoms with Gasteiger partial charge < -0.3 is 9.84 Å². The molecule has 0 aromatic rings.